The lowest BCUT2D eigenvalue weighted by atomic mass is 10.0. The molecule has 0 saturated heterocycles. The van der Waals surface area contributed by atoms with Gasteiger partial charge in [-0.15, -0.1) is 10.2 Å². The molecule has 0 aliphatic rings. The monoisotopic (exact) mass is 182 g/mol. The molecule has 1 heterocycles. The highest BCUT2D eigenvalue weighted by Gasteiger charge is 2.14. The molecule has 74 valence electrons. The van der Waals surface area contributed by atoms with Gasteiger partial charge >= 0.3 is 0 Å². The van der Waals surface area contributed by atoms with Crippen molar-refractivity contribution in [2.45, 2.75) is 39.2 Å². The van der Waals surface area contributed by atoms with E-state index in [0.29, 0.717) is 12.5 Å². The Kier molecular flexibility index (Phi) is 3.89. The maximum atomic E-state index is 5.69. The summed E-state index contributed by atoms with van der Waals surface area (Å²) < 4.78 is 2.06. The van der Waals surface area contributed by atoms with Crippen LogP contribution in [0, 0.1) is 0 Å². The maximum absolute atomic E-state index is 5.69. The van der Waals surface area contributed by atoms with Gasteiger partial charge in [0.05, 0.1) is 0 Å². The molecule has 0 aromatic carbocycles. The summed E-state index contributed by atoms with van der Waals surface area (Å²) in [5.41, 5.74) is 5.69. The molecule has 0 spiro atoms. The van der Waals surface area contributed by atoms with E-state index in [4.69, 9.17) is 5.73 Å². The Morgan fingerprint density at radius 1 is 1.54 bits per heavy atom. The lowest BCUT2D eigenvalue weighted by Crippen LogP contribution is -2.17. The zero-order chi connectivity index (χ0) is 9.68. The third-order valence-corrected chi connectivity index (χ3v) is 2.27. The summed E-state index contributed by atoms with van der Waals surface area (Å²) in [6, 6.07) is 0. The van der Waals surface area contributed by atoms with E-state index in [2.05, 4.69) is 28.6 Å². The number of aromatic nitrogens is 3. The normalized spacial score (nSPS) is 13.2. The molecule has 1 aromatic rings. The highest BCUT2D eigenvalue weighted by atomic mass is 15.3. The Morgan fingerprint density at radius 3 is 2.85 bits per heavy atom. The molecule has 0 amide bonds. The number of nitrogens with two attached hydrogens (primary N) is 1. The van der Waals surface area contributed by atoms with E-state index in [1.165, 1.54) is 0 Å². The van der Waals surface area contributed by atoms with Gasteiger partial charge in [-0.2, -0.15) is 0 Å². The van der Waals surface area contributed by atoms with Gasteiger partial charge in [-0.25, -0.2) is 0 Å². The molecule has 1 unspecified atom stereocenters. The fourth-order valence-corrected chi connectivity index (χ4v) is 1.52. The van der Waals surface area contributed by atoms with Gasteiger partial charge in [-0.3, -0.25) is 0 Å². The second kappa shape index (κ2) is 4.97. The van der Waals surface area contributed by atoms with Gasteiger partial charge < -0.3 is 10.3 Å². The minimum absolute atomic E-state index is 0.368. The van der Waals surface area contributed by atoms with Crippen LogP contribution in [0.15, 0.2) is 6.33 Å². The van der Waals surface area contributed by atoms with Gasteiger partial charge in [0.15, 0.2) is 0 Å². The first-order chi connectivity index (χ1) is 6.33. The van der Waals surface area contributed by atoms with Crippen molar-refractivity contribution < 1.29 is 0 Å². The van der Waals surface area contributed by atoms with Crippen LogP contribution in [0.5, 0.6) is 0 Å². The molecule has 0 bridgehead atoms. The fourth-order valence-electron chi connectivity index (χ4n) is 1.52. The Bertz CT molecular complexity index is 244. The van der Waals surface area contributed by atoms with Crippen molar-refractivity contribution in [2.24, 2.45) is 5.73 Å². The highest BCUT2D eigenvalue weighted by molar-refractivity contribution is 4.96. The number of hydrogen-bond donors (Lipinski definition) is 1. The molecule has 0 fully saturated rings. The molecule has 0 saturated carbocycles. The molecular formula is C9H18N4. The first-order valence-corrected chi connectivity index (χ1v) is 4.91. The lowest BCUT2D eigenvalue weighted by molar-refractivity contribution is 0.550. The van der Waals surface area contributed by atoms with Gasteiger partial charge in [0, 0.05) is 19.0 Å². The number of hydrogen-bond acceptors (Lipinski definition) is 3. The van der Waals surface area contributed by atoms with E-state index in [9.17, 15) is 0 Å². The topological polar surface area (TPSA) is 56.7 Å². The minimum atomic E-state index is 0.368. The van der Waals surface area contributed by atoms with Gasteiger partial charge in [-0.05, 0) is 13.3 Å². The van der Waals surface area contributed by atoms with Crippen LogP contribution in [0.2, 0.25) is 0 Å². The van der Waals surface area contributed by atoms with Crippen molar-refractivity contribution in [1.29, 1.82) is 0 Å². The summed E-state index contributed by atoms with van der Waals surface area (Å²) in [7, 11) is 0. The quantitative estimate of drug-likeness (QED) is 0.743. The van der Waals surface area contributed by atoms with E-state index in [-0.39, 0.29) is 0 Å². The average Bonchev–Trinajstić information content (AvgIpc) is 2.61. The second-order valence-electron chi connectivity index (χ2n) is 3.20. The van der Waals surface area contributed by atoms with E-state index < -0.39 is 0 Å². The predicted molar refractivity (Wildman–Crippen MR) is 52.4 cm³/mol. The number of rotatable bonds is 5. The Morgan fingerprint density at radius 2 is 2.31 bits per heavy atom. The summed E-state index contributed by atoms with van der Waals surface area (Å²) in [6.45, 7) is 5.83. The molecule has 0 aliphatic carbocycles. The number of nitrogens with zero attached hydrogens (tertiary/aromatic N) is 3. The first kappa shape index (κ1) is 10.2. The molecule has 4 nitrogen and oxygen atoms in total. The van der Waals surface area contributed by atoms with Crippen molar-refractivity contribution in [2.75, 3.05) is 6.54 Å². The van der Waals surface area contributed by atoms with Crippen molar-refractivity contribution in [3.05, 3.63) is 12.2 Å². The van der Waals surface area contributed by atoms with E-state index >= 15 is 0 Å². The summed E-state index contributed by atoms with van der Waals surface area (Å²) in [5, 5.41) is 8.01. The van der Waals surface area contributed by atoms with Gasteiger partial charge in [-0.1, -0.05) is 13.3 Å². The van der Waals surface area contributed by atoms with E-state index in [1.807, 2.05) is 0 Å². The maximum Gasteiger partial charge on any atom is 0.137 e. The molecule has 1 rings (SSSR count). The average molecular weight is 182 g/mol. The smallest absolute Gasteiger partial charge is 0.137 e. The Balaban J connectivity index is 2.77. The van der Waals surface area contributed by atoms with E-state index in [1.54, 1.807) is 6.33 Å². The van der Waals surface area contributed by atoms with Crippen molar-refractivity contribution in [1.82, 2.24) is 14.8 Å². The Labute approximate surface area is 79.2 Å². The summed E-state index contributed by atoms with van der Waals surface area (Å²) in [6.07, 6.45) is 4.00. The van der Waals surface area contributed by atoms with Crippen LogP contribution in [-0.4, -0.2) is 21.3 Å². The van der Waals surface area contributed by atoms with Crippen LogP contribution in [0.25, 0.3) is 0 Å². The molecular weight excluding hydrogens is 164 g/mol. The minimum Gasteiger partial charge on any atom is -0.330 e. The highest BCUT2D eigenvalue weighted by Crippen LogP contribution is 2.17. The third kappa shape index (κ3) is 2.28. The van der Waals surface area contributed by atoms with Crippen LogP contribution in [0.4, 0.5) is 0 Å². The van der Waals surface area contributed by atoms with Crippen LogP contribution >= 0.6 is 0 Å². The van der Waals surface area contributed by atoms with Crippen molar-refractivity contribution in [3.8, 4) is 0 Å². The molecule has 1 aromatic heterocycles. The van der Waals surface area contributed by atoms with Crippen LogP contribution in [0.3, 0.4) is 0 Å². The fraction of sp³-hybridized carbons (Fsp3) is 0.778. The van der Waals surface area contributed by atoms with Gasteiger partial charge in [0.25, 0.3) is 0 Å². The lowest BCUT2D eigenvalue weighted by Gasteiger charge is -2.13. The summed E-state index contributed by atoms with van der Waals surface area (Å²) in [4.78, 5) is 0. The van der Waals surface area contributed by atoms with Gasteiger partial charge in [0.2, 0.25) is 0 Å². The molecule has 4 heteroatoms. The largest absolute Gasteiger partial charge is 0.330 e. The van der Waals surface area contributed by atoms with Crippen LogP contribution in [-0.2, 0) is 6.54 Å². The van der Waals surface area contributed by atoms with Crippen LogP contribution in [0.1, 0.15) is 38.4 Å². The molecule has 0 aliphatic heterocycles. The molecule has 13 heavy (non-hydrogen) atoms. The molecule has 0 radical (unpaired) electrons. The molecule has 1 atom stereocenters. The van der Waals surface area contributed by atoms with Gasteiger partial charge in [0.1, 0.15) is 12.2 Å². The van der Waals surface area contributed by atoms with Crippen molar-refractivity contribution >= 4 is 0 Å². The zero-order valence-corrected chi connectivity index (χ0v) is 8.40. The number of aryl methyl sites for hydroxylation is 1. The molecule has 2 N–H and O–H groups in total. The predicted octanol–water partition coefficient (Wildman–Crippen LogP) is 1.14. The Hall–Kier alpha value is -0.900. The standard InChI is InChI=1S/C9H18N4/c1-3-5-8(6-10)9-12-11-7-13(9)4-2/h7-8H,3-6,10H2,1-2H3. The second-order valence-corrected chi connectivity index (χ2v) is 3.20. The SMILES string of the molecule is CCCC(CN)c1nncn1CC. The third-order valence-electron chi connectivity index (χ3n) is 2.27. The zero-order valence-electron chi connectivity index (χ0n) is 8.40. The summed E-state index contributed by atoms with van der Waals surface area (Å²) in [5.74, 6) is 1.40. The van der Waals surface area contributed by atoms with Crippen LogP contribution < -0.4 is 5.73 Å². The van der Waals surface area contributed by atoms with Crippen molar-refractivity contribution in [3.63, 3.8) is 0 Å². The first-order valence-electron chi connectivity index (χ1n) is 4.91. The van der Waals surface area contributed by atoms with E-state index in [0.717, 1.165) is 25.2 Å². The summed E-state index contributed by atoms with van der Waals surface area (Å²) >= 11 is 0.